The van der Waals surface area contributed by atoms with Crippen molar-refractivity contribution in [3.63, 3.8) is 0 Å². The lowest BCUT2D eigenvalue weighted by Crippen LogP contribution is -2.49. The molecule has 0 saturated carbocycles. The number of aromatic amines is 1. The van der Waals surface area contributed by atoms with Gasteiger partial charge in [0.1, 0.15) is 17.1 Å². The Labute approximate surface area is 239 Å². The van der Waals surface area contributed by atoms with Crippen molar-refractivity contribution in [2.24, 2.45) is 0 Å². The number of anilines is 1. The Balaban J connectivity index is 1.41. The van der Waals surface area contributed by atoms with Crippen molar-refractivity contribution in [3.8, 4) is 17.1 Å². The minimum Gasteiger partial charge on any atom is -0.379 e. The molecule has 0 aliphatic carbocycles. The molecule has 1 saturated heterocycles. The number of H-pyrrole nitrogens is 1. The lowest BCUT2D eigenvalue weighted by Gasteiger charge is -2.26. The molecule has 10 nitrogen and oxygen atoms in total. The van der Waals surface area contributed by atoms with E-state index in [1.165, 1.54) is 0 Å². The lowest BCUT2D eigenvalue weighted by molar-refractivity contribution is 0.0207. The first-order chi connectivity index (χ1) is 18.7. The van der Waals surface area contributed by atoms with Crippen LogP contribution in [0.2, 0.25) is 15.1 Å². The van der Waals surface area contributed by atoms with Gasteiger partial charge in [0.15, 0.2) is 5.82 Å². The van der Waals surface area contributed by atoms with Gasteiger partial charge in [-0.25, -0.2) is 19.5 Å². The predicted octanol–water partition coefficient (Wildman–Crippen LogP) is 5.10. The SMILES string of the molecule is CC(C)c1[nH]n(-c2c(Cl)cc(Cl)cc2Cl)c2nc(Cc3ccc(NC(=O)NN4CCOCC4)cc3)nc(=O)c1-2. The number of fused-ring (bicyclic) bond motifs is 1. The first-order valence-corrected chi connectivity index (χ1v) is 13.5. The van der Waals surface area contributed by atoms with Crippen LogP contribution in [-0.2, 0) is 11.2 Å². The third-order valence-corrected chi connectivity index (χ3v) is 7.04. The standard InChI is InChI=1S/C26H26Cl3N7O3/c1-14(2)22-21-24(36(33-22)23-18(28)12-16(27)13-19(23)29)31-20(32-25(21)37)11-15-3-5-17(6-4-15)30-26(38)34-35-7-9-39-10-8-35/h3-6,12-14,33H,7-11H2,1-2H3,(H2,30,34,38). The van der Waals surface area contributed by atoms with Crippen LogP contribution in [0.3, 0.4) is 0 Å². The van der Waals surface area contributed by atoms with Gasteiger partial charge < -0.3 is 10.1 Å². The molecule has 2 amide bonds. The maximum absolute atomic E-state index is 13.2. The number of carbonyl (C=O) groups excluding carboxylic acids is 1. The number of rotatable bonds is 6. The summed E-state index contributed by atoms with van der Waals surface area (Å²) in [5.41, 5.74) is 5.39. The highest BCUT2D eigenvalue weighted by atomic mass is 35.5. The van der Waals surface area contributed by atoms with Crippen LogP contribution in [-0.4, -0.2) is 57.1 Å². The first kappa shape index (κ1) is 27.4. The molecule has 39 heavy (non-hydrogen) atoms. The Morgan fingerprint density at radius 3 is 2.38 bits per heavy atom. The van der Waals surface area contributed by atoms with Crippen molar-refractivity contribution in [2.75, 3.05) is 31.6 Å². The second kappa shape index (κ2) is 11.5. The largest absolute Gasteiger partial charge is 0.379 e. The van der Waals surface area contributed by atoms with Crippen LogP contribution < -0.4 is 16.3 Å². The maximum Gasteiger partial charge on any atom is 0.333 e. The highest BCUT2D eigenvalue weighted by Crippen LogP contribution is 2.36. The van der Waals surface area contributed by atoms with Crippen molar-refractivity contribution < 1.29 is 9.53 Å². The molecule has 13 heteroatoms. The number of carbonyl (C=O) groups is 1. The number of hydrazine groups is 1. The van der Waals surface area contributed by atoms with E-state index >= 15 is 0 Å². The molecule has 0 aromatic heterocycles. The van der Waals surface area contributed by atoms with Gasteiger partial charge in [-0.05, 0) is 35.7 Å². The number of ether oxygens (including phenoxy) is 1. The summed E-state index contributed by atoms with van der Waals surface area (Å²) in [5, 5.41) is 8.87. The molecule has 3 N–H and O–H groups in total. The van der Waals surface area contributed by atoms with Gasteiger partial charge in [0.05, 0.1) is 29.0 Å². The number of urea groups is 1. The van der Waals surface area contributed by atoms with E-state index in [4.69, 9.17) is 44.5 Å². The number of amides is 2. The maximum atomic E-state index is 13.2. The van der Waals surface area contributed by atoms with Gasteiger partial charge in [-0.3, -0.25) is 15.3 Å². The first-order valence-electron chi connectivity index (χ1n) is 12.4. The quantitative estimate of drug-likeness (QED) is 0.288. The predicted molar refractivity (Wildman–Crippen MR) is 152 cm³/mol. The smallest absolute Gasteiger partial charge is 0.333 e. The molecule has 204 valence electrons. The number of nitrogens with one attached hydrogen (secondary N) is 3. The molecule has 0 atom stereocenters. The number of halogens is 3. The third kappa shape index (κ3) is 6.05. The van der Waals surface area contributed by atoms with Gasteiger partial charge in [0, 0.05) is 30.2 Å². The molecule has 0 spiro atoms. The normalized spacial score (nSPS) is 14.2. The zero-order valence-electron chi connectivity index (χ0n) is 21.2. The monoisotopic (exact) mass is 589 g/mol. The van der Waals surface area contributed by atoms with Gasteiger partial charge in [-0.15, -0.1) is 0 Å². The van der Waals surface area contributed by atoms with E-state index in [1.807, 2.05) is 31.0 Å². The summed E-state index contributed by atoms with van der Waals surface area (Å²) in [5.74, 6) is 0.696. The fourth-order valence-electron chi connectivity index (χ4n) is 4.37. The van der Waals surface area contributed by atoms with E-state index < -0.39 is 5.56 Å². The number of aromatic nitrogens is 4. The van der Waals surface area contributed by atoms with E-state index in [2.05, 4.69) is 20.8 Å². The number of morpholine rings is 1. The van der Waals surface area contributed by atoms with Gasteiger partial charge in [-0.1, -0.05) is 60.8 Å². The topological polar surface area (TPSA) is 117 Å². The van der Waals surface area contributed by atoms with Gasteiger partial charge in [-0.2, -0.15) is 4.98 Å². The van der Waals surface area contributed by atoms with Crippen molar-refractivity contribution in [1.82, 2.24) is 30.2 Å². The number of nitrogens with zero attached hydrogens (tertiary/aromatic N) is 4. The molecule has 0 unspecified atom stereocenters. The Morgan fingerprint density at radius 1 is 1.08 bits per heavy atom. The highest BCUT2D eigenvalue weighted by molar-refractivity contribution is 6.40. The van der Waals surface area contributed by atoms with E-state index in [9.17, 15) is 9.59 Å². The van der Waals surface area contributed by atoms with Crippen molar-refractivity contribution in [3.05, 3.63) is 78.9 Å². The fraction of sp³-hybridized carbons (Fsp3) is 0.308. The van der Waals surface area contributed by atoms with Crippen LogP contribution in [0.25, 0.3) is 17.1 Å². The summed E-state index contributed by atoms with van der Waals surface area (Å²) >= 11 is 19.1. The second-order valence-electron chi connectivity index (χ2n) is 9.42. The Bertz CT molecular complexity index is 1510. The fourth-order valence-corrected chi connectivity index (χ4v) is 5.36. The van der Waals surface area contributed by atoms with Crippen molar-refractivity contribution in [2.45, 2.75) is 26.2 Å². The molecule has 3 aliphatic rings. The molecular weight excluding hydrogens is 565 g/mol. The zero-order chi connectivity index (χ0) is 27.7. The van der Waals surface area contributed by atoms with E-state index in [-0.39, 0.29) is 11.9 Å². The van der Waals surface area contributed by atoms with Gasteiger partial charge in [0.2, 0.25) is 0 Å². The van der Waals surface area contributed by atoms with Crippen LogP contribution in [0.15, 0.2) is 41.2 Å². The van der Waals surface area contributed by atoms with Crippen LogP contribution in [0.4, 0.5) is 10.5 Å². The summed E-state index contributed by atoms with van der Waals surface area (Å²) in [6.07, 6.45) is 0.301. The Hall–Kier alpha value is -3.15. The van der Waals surface area contributed by atoms with E-state index in [1.54, 1.807) is 28.9 Å². The average Bonchev–Trinajstić information content (AvgIpc) is 3.25. The van der Waals surface area contributed by atoms with E-state index in [0.29, 0.717) is 82.1 Å². The zero-order valence-corrected chi connectivity index (χ0v) is 23.5. The molecule has 3 aliphatic heterocycles. The van der Waals surface area contributed by atoms with Crippen LogP contribution in [0, 0.1) is 0 Å². The number of hydrogen-bond donors (Lipinski definition) is 3. The van der Waals surface area contributed by atoms with E-state index in [0.717, 1.165) is 5.56 Å². The molecule has 2 aromatic rings. The Morgan fingerprint density at radius 2 is 1.74 bits per heavy atom. The molecule has 1 fully saturated rings. The summed E-state index contributed by atoms with van der Waals surface area (Å²) in [6, 6.07) is 10.1. The third-order valence-electron chi connectivity index (χ3n) is 6.24. The van der Waals surface area contributed by atoms with Crippen LogP contribution in [0.1, 0.15) is 36.8 Å². The summed E-state index contributed by atoms with van der Waals surface area (Å²) in [4.78, 5) is 34.5. The molecule has 2 aromatic carbocycles. The summed E-state index contributed by atoms with van der Waals surface area (Å²) in [6.45, 7) is 6.35. The molecule has 5 rings (SSSR count). The number of hydrogen-bond acceptors (Lipinski definition) is 6. The summed E-state index contributed by atoms with van der Waals surface area (Å²) < 4.78 is 6.89. The lowest BCUT2D eigenvalue weighted by atomic mass is 10.1. The van der Waals surface area contributed by atoms with Crippen molar-refractivity contribution in [1.29, 1.82) is 0 Å². The second-order valence-corrected chi connectivity index (χ2v) is 10.7. The minimum absolute atomic E-state index is 0.0127. The average molecular weight is 591 g/mol. The molecule has 3 heterocycles. The molecular formula is C26H26Cl3N7O3. The van der Waals surface area contributed by atoms with Crippen LogP contribution in [0.5, 0.6) is 0 Å². The molecule has 0 bridgehead atoms. The van der Waals surface area contributed by atoms with Gasteiger partial charge in [0.25, 0.3) is 5.56 Å². The van der Waals surface area contributed by atoms with Gasteiger partial charge >= 0.3 is 6.03 Å². The highest BCUT2D eigenvalue weighted by Gasteiger charge is 2.27. The van der Waals surface area contributed by atoms with Crippen LogP contribution >= 0.6 is 34.8 Å². The Kier molecular flexibility index (Phi) is 8.11. The van der Waals surface area contributed by atoms with Crippen molar-refractivity contribution >= 4 is 46.5 Å². The molecule has 0 radical (unpaired) electrons. The summed E-state index contributed by atoms with van der Waals surface area (Å²) in [7, 11) is 0. The number of benzene rings is 2. The minimum atomic E-state index is -0.395.